The topological polar surface area (TPSA) is 61.4 Å². The molecular formula is C25H35N5O. The first kappa shape index (κ1) is 21.6. The number of nitrogens with one attached hydrogen (secondary N) is 1. The summed E-state index contributed by atoms with van der Waals surface area (Å²) in [5.41, 5.74) is 3.66. The van der Waals surface area contributed by atoms with Crippen LogP contribution in [0.2, 0.25) is 0 Å². The Morgan fingerprint density at radius 3 is 2.32 bits per heavy atom. The van der Waals surface area contributed by atoms with Gasteiger partial charge in [0, 0.05) is 26.2 Å². The van der Waals surface area contributed by atoms with Gasteiger partial charge in [-0.3, -0.25) is 4.79 Å². The molecule has 31 heavy (non-hydrogen) atoms. The zero-order valence-electron chi connectivity index (χ0n) is 19.1. The molecule has 2 aromatic rings. The van der Waals surface area contributed by atoms with Gasteiger partial charge in [-0.2, -0.15) is 0 Å². The number of carbonyl (C=O) groups excluding carboxylic acids is 1. The fourth-order valence-corrected chi connectivity index (χ4v) is 4.90. The molecule has 2 saturated heterocycles. The minimum atomic E-state index is -0.0227. The average molecular weight is 422 g/mol. The molecule has 0 saturated carbocycles. The smallest absolute Gasteiger partial charge is 0.225 e. The fraction of sp³-hybridized carbons (Fsp3) is 0.560. The minimum absolute atomic E-state index is 0.00657. The first-order chi connectivity index (χ1) is 15.0. The number of hydrogen-bond donors (Lipinski definition) is 1. The van der Waals surface area contributed by atoms with Gasteiger partial charge in [0.15, 0.2) is 11.6 Å². The number of anilines is 2. The number of hydrogen-bond acceptors (Lipinski definition) is 5. The van der Waals surface area contributed by atoms with E-state index < -0.39 is 0 Å². The van der Waals surface area contributed by atoms with Crippen LogP contribution in [0, 0.1) is 19.8 Å². The predicted octanol–water partition coefficient (Wildman–Crippen LogP) is 4.18. The first-order valence-electron chi connectivity index (χ1n) is 11.7. The van der Waals surface area contributed by atoms with Crippen molar-refractivity contribution in [3.63, 3.8) is 0 Å². The SMILES string of the molecule is Cc1ccc([C@@H](C)NC(=O)[C@@H]2CCCN(c3ccc(N4CCCCC4)nn3)C2)c(C)c1. The molecule has 6 heteroatoms. The molecule has 1 amide bonds. The fourth-order valence-electron chi connectivity index (χ4n) is 4.90. The van der Waals surface area contributed by atoms with Gasteiger partial charge in [0.25, 0.3) is 0 Å². The van der Waals surface area contributed by atoms with Gasteiger partial charge in [0.2, 0.25) is 5.91 Å². The van der Waals surface area contributed by atoms with E-state index in [9.17, 15) is 4.79 Å². The lowest BCUT2D eigenvalue weighted by Crippen LogP contribution is -2.44. The van der Waals surface area contributed by atoms with Crippen LogP contribution in [0.25, 0.3) is 0 Å². The highest BCUT2D eigenvalue weighted by Crippen LogP contribution is 2.25. The lowest BCUT2D eigenvalue weighted by molar-refractivity contribution is -0.125. The Kier molecular flexibility index (Phi) is 6.73. The molecule has 0 aliphatic carbocycles. The number of amides is 1. The standard InChI is InChI=1S/C25H35N5O/c1-18-9-10-22(19(2)16-18)20(3)26-25(31)21-8-7-15-30(17-21)24-12-11-23(27-28-24)29-13-5-4-6-14-29/h9-12,16,20-21H,4-8,13-15,17H2,1-3H3,(H,26,31)/t20-,21-/m1/s1. The van der Waals surface area contributed by atoms with E-state index in [4.69, 9.17) is 0 Å². The van der Waals surface area contributed by atoms with E-state index in [2.05, 4.69) is 76.4 Å². The molecule has 3 heterocycles. The summed E-state index contributed by atoms with van der Waals surface area (Å²) < 4.78 is 0. The predicted molar refractivity (Wildman–Crippen MR) is 126 cm³/mol. The van der Waals surface area contributed by atoms with E-state index in [0.29, 0.717) is 6.54 Å². The number of benzene rings is 1. The second-order valence-electron chi connectivity index (χ2n) is 9.17. The van der Waals surface area contributed by atoms with E-state index in [0.717, 1.165) is 44.1 Å². The van der Waals surface area contributed by atoms with Crippen molar-refractivity contribution >= 4 is 17.5 Å². The third-order valence-electron chi connectivity index (χ3n) is 6.68. The Balaban J connectivity index is 1.37. The molecule has 0 bridgehead atoms. The van der Waals surface area contributed by atoms with Gasteiger partial charge in [0.05, 0.1) is 12.0 Å². The zero-order valence-corrected chi connectivity index (χ0v) is 19.1. The Hall–Kier alpha value is -2.63. The molecular weight excluding hydrogens is 386 g/mol. The maximum atomic E-state index is 13.0. The van der Waals surface area contributed by atoms with Crippen molar-refractivity contribution in [3.05, 3.63) is 47.0 Å². The molecule has 2 aliphatic rings. The average Bonchev–Trinajstić information content (AvgIpc) is 2.80. The van der Waals surface area contributed by atoms with Crippen molar-refractivity contribution in [1.29, 1.82) is 0 Å². The van der Waals surface area contributed by atoms with E-state index in [-0.39, 0.29) is 17.9 Å². The van der Waals surface area contributed by atoms with Crippen molar-refractivity contribution < 1.29 is 4.79 Å². The third-order valence-corrected chi connectivity index (χ3v) is 6.68. The van der Waals surface area contributed by atoms with E-state index in [1.807, 2.05) is 0 Å². The highest BCUT2D eigenvalue weighted by molar-refractivity contribution is 5.80. The molecule has 4 rings (SSSR count). The second kappa shape index (κ2) is 9.67. The summed E-state index contributed by atoms with van der Waals surface area (Å²) in [6.45, 7) is 10.0. The number of aromatic nitrogens is 2. The van der Waals surface area contributed by atoms with Crippen LogP contribution in [0.1, 0.15) is 61.8 Å². The molecule has 2 aliphatic heterocycles. The van der Waals surface area contributed by atoms with Gasteiger partial charge < -0.3 is 15.1 Å². The van der Waals surface area contributed by atoms with Gasteiger partial charge in [-0.15, -0.1) is 10.2 Å². The van der Waals surface area contributed by atoms with Crippen LogP contribution in [-0.2, 0) is 4.79 Å². The van der Waals surface area contributed by atoms with E-state index >= 15 is 0 Å². The molecule has 1 aromatic heterocycles. The number of piperidine rings is 2. The van der Waals surface area contributed by atoms with Crippen molar-refractivity contribution in [3.8, 4) is 0 Å². The van der Waals surface area contributed by atoms with Crippen LogP contribution >= 0.6 is 0 Å². The molecule has 0 radical (unpaired) electrons. The lowest BCUT2D eigenvalue weighted by atomic mass is 9.95. The first-order valence-corrected chi connectivity index (χ1v) is 11.7. The summed E-state index contributed by atoms with van der Waals surface area (Å²) in [4.78, 5) is 17.5. The van der Waals surface area contributed by atoms with Crippen molar-refractivity contribution in [2.45, 2.75) is 58.9 Å². The van der Waals surface area contributed by atoms with Crippen LogP contribution in [0.3, 0.4) is 0 Å². The van der Waals surface area contributed by atoms with Crippen LogP contribution < -0.4 is 15.1 Å². The summed E-state index contributed by atoms with van der Waals surface area (Å²) in [5, 5.41) is 12.2. The zero-order chi connectivity index (χ0) is 21.8. The Morgan fingerprint density at radius 1 is 0.968 bits per heavy atom. The number of nitrogens with zero attached hydrogens (tertiary/aromatic N) is 4. The molecule has 0 unspecified atom stereocenters. The summed E-state index contributed by atoms with van der Waals surface area (Å²) in [6.07, 6.45) is 5.67. The highest BCUT2D eigenvalue weighted by Gasteiger charge is 2.28. The Labute approximate surface area is 186 Å². The van der Waals surface area contributed by atoms with Crippen molar-refractivity contribution in [2.24, 2.45) is 5.92 Å². The molecule has 1 aromatic carbocycles. The molecule has 0 spiro atoms. The quantitative estimate of drug-likeness (QED) is 0.785. The summed E-state index contributed by atoms with van der Waals surface area (Å²) >= 11 is 0. The largest absolute Gasteiger partial charge is 0.355 e. The summed E-state index contributed by atoms with van der Waals surface area (Å²) in [7, 11) is 0. The Bertz CT molecular complexity index is 891. The molecule has 2 fully saturated rings. The van der Waals surface area contributed by atoms with Crippen LogP contribution in [0.15, 0.2) is 30.3 Å². The van der Waals surface area contributed by atoms with Crippen molar-refractivity contribution in [2.75, 3.05) is 36.0 Å². The van der Waals surface area contributed by atoms with Gasteiger partial charge in [0.1, 0.15) is 0 Å². The maximum Gasteiger partial charge on any atom is 0.225 e. The van der Waals surface area contributed by atoms with Gasteiger partial charge >= 0.3 is 0 Å². The second-order valence-corrected chi connectivity index (χ2v) is 9.17. The number of aryl methyl sites for hydroxylation is 2. The van der Waals surface area contributed by atoms with Crippen molar-refractivity contribution in [1.82, 2.24) is 15.5 Å². The van der Waals surface area contributed by atoms with Gasteiger partial charge in [-0.1, -0.05) is 23.8 Å². The maximum absolute atomic E-state index is 13.0. The molecule has 166 valence electrons. The third kappa shape index (κ3) is 5.17. The van der Waals surface area contributed by atoms with Crippen LogP contribution in [-0.4, -0.2) is 42.3 Å². The Morgan fingerprint density at radius 2 is 1.65 bits per heavy atom. The molecule has 2 atom stereocenters. The summed E-state index contributed by atoms with van der Waals surface area (Å²) in [5.74, 6) is 1.96. The number of carbonyl (C=O) groups is 1. The van der Waals surface area contributed by atoms with Gasteiger partial charge in [-0.05, 0) is 76.1 Å². The molecule has 6 nitrogen and oxygen atoms in total. The number of rotatable bonds is 5. The normalized spacial score (nSPS) is 20.4. The van der Waals surface area contributed by atoms with Gasteiger partial charge in [-0.25, -0.2) is 0 Å². The van der Waals surface area contributed by atoms with E-state index in [1.54, 1.807) is 0 Å². The monoisotopic (exact) mass is 421 g/mol. The van der Waals surface area contributed by atoms with Crippen LogP contribution in [0.5, 0.6) is 0 Å². The van der Waals surface area contributed by atoms with E-state index in [1.165, 1.54) is 36.0 Å². The lowest BCUT2D eigenvalue weighted by Gasteiger charge is -2.33. The summed E-state index contributed by atoms with van der Waals surface area (Å²) in [6, 6.07) is 10.6. The minimum Gasteiger partial charge on any atom is -0.355 e. The molecule has 1 N–H and O–H groups in total. The highest BCUT2D eigenvalue weighted by atomic mass is 16.2. The van der Waals surface area contributed by atoms with Crippen LogP contribution in [0.4, 0.5) is 11.6 Å².